The minimum Gasteiger partial charge on any atom is -0.325 e. The molecule has 0 aliphatic carbocycles. The topological polar surface area (TPSA) is 40.6 Å². The van der Waals surface area contributed by atoms with Gasteiger partial charge in [-0.25, -0.2) is 4.39 Å². The normalized spacial score (nSPS) is 17.8. The van der Waals surface area contributed by atoms with Crippen molar-refractivity contribution in [1.82, 2.24) is 4.90 Å². The highest BCUT2D eigenvalue weighted by molar-refractivity contribution is 6.30. The molecule has 0 N–H and O–H groups in total. The molecule has 0 aromatic heterocycles. The largest absolute Gasteiger partial charge is 0.325 e. The Hall–Kier alpha value is -2.40. The van der Waals surface area contributed by atoms with Crippen molar-refractivity contribution in [3.63, 3.8) is 0 Å². The van der Waals surface area contributed by atoms with E-state index in [0.29, 0.717) is 18.1 Å². The number of halogens is 2. The first kappa shape index (κ1) is 17.4. The Morgan fingerprint density at radius 2 is 1.96 bits per heavy atom. The van der Waals surface area contributed by atoms with Crippen LogP contribution in [0.5, 0.6) is 0 Å². The molecule has 130 valence electrons. The van der Waals surface area contributed by atoms with Crippen molar-refractivity contribution in [2.75, 3.05) is 18.0 Å². The summed E-state index contributed by atoms with van der Waals surface area (Å²) in [6, 6.07) is 10.2. The summed E-state index contributed by atoms with van der Waals surface area (Å²) in [4.78, 5) is 28.6. The summed E-state index contributed by atoms with van der Waals surface area (Å²) in [6.07, 6.45) is 0. The van der Waals surface area contributed by atoms with Gasteiger partial charge in [-0.3, -0.25) is 9.59 Å². The molecule has 3 rings (SSSR count). The lowest BCUT2D eigenvalue weighted by atomic mass is 10.1. The first-order valence-electron chi connectivity index (χ1n) is 8.02. The lowest BCUT2D eigenvalue weighted by Crippen LogP contribution is -2.58. The van der Waals surface area contributed by atoms with Crippen LogP contribution in [0.15, 0.2) is 42.5 Å². The number of rotatable bonds is 2. The lowest BCUT2D eigenvalue weighted by molar-refractivity contribution is -0.124. The Labute approximate surface area is 150 Å². The van der Waals surface area contributed by atoms with Gasteiger partial charge < -0.3 is 9.80 Å². The number of hydrogen-bond donors (Lipinski definition) is 0. The zero-order valence-corrected chi connectivity index (χ0v) is 14.8. The van der Waals surface area contributed by atoms with Gasteiger partial charge in [-0.05, 0) is 55.8 Å². The molecule has 1 aliphatic heterocycles. The number of piperazine rings is 1. The van der Waals surface area contributed by atoms with Gasteiger partial charge in [-0.1, -0.05) is 17.7 Å². The first-order chi connectivity index (χ1) is 11.9. The highest BCUT2D eigenvalue weighted by Gasteiger charge is 2.35. The molecule has 1 saturated heterocycles. The van der Waals surface area contributed by atoms with Crippen LogP contribution >= 0.6 is 11.6 Å². The van der Waals surface area contributed by atoms with E-state index in [1.807, 2.05) is 13.0 Å². The molecule has 0 saturated carbocycles. The summed E-state index contributed by atoms with van der Waals surface area (Å²) in [7, 11) is 0. The predicted octanol–water partition coefficient (Wildman–Crippen LogP) is 3.67. The summed E-state index contributed by atoms with van der Waals surface area (Å²) >= 11 is 5.98. The van der Waals surface area contributed by atoms with Crippen molar-refractivity contribution < 1.29 is 14.0 Å². The van der Waals surface area contributed by atoms with Crippen molar-refractivity contribution in [1.29, 1.82) is 0 Å². The highest BCUT2D eigenvalue weighted by Crippen LogP contribution is 2.27. The lowest BCUT2D eigenvalue weighted by Gasteiger charge is -2.39. The predicted molar refractivity (Wildman–Crippen MR) is 95.4 cm³/mol. The molecule has 1 atom stereocenters. The molecule has 0 radical (unpaired) electrons. The van der Waals surface area contributed by atoms with Crippen molar-refractivity contribution in [2.45, 2.75) is 19.9 Å². The van der Waals surface area contributed by atoms with Crippen LogP contribution in [0.4, 0.5) is 10.1 Å². The molecule has 2 aromatic rings. The van der Waals surface area contributed by atoms with Crippen LogP contribution < -0.4 is 4.90 Å². The summed E-state index contributed by atoms with van der Waals surface area (Å²) in [5.41, 5.74) is 1.94. The van der Waals surface area contributed by atoms with Crippen LogP contribution in [0.1, 0.15) is 22.8 Å². The van der Waals surface area contributed by atoms with Crippen LogP contribution in [-0.2, 0) is 4.79 Å². The van der Waals surface area contributed by atoms with E-state index in [1.165, 1.54) is 23.1 Å². The van der Waals surface area contributed by atoms with E-state index in [4.69, 9.17) is 11.6 Å². The fourth-order valence-corrected chi connectivity index (χ4v) is 3.32. The van der Waals surface area contributed by atoms with Crippen molar-refractivity contribution in [2.24, 2.45) is 0 Å². The van der Waals surface area contributed by atoms with Gasteiger partial charge in [0.05, 0.1) is 0 Å². The van der Waals surface area contributed by atoms with E-state index >= 15 is 0 Å². The average molecular weight is 361 g/mol. The molecule has 25 heavy (non-hydrogen) atoms. The number of amides is 2. The Bertz CT molecular complexity index is 840. The third kappa shape index (κ3) is 3.37. The molecular formula is C19H18ClFN2O2. The zero-order chi connectivity index (χ0) is 18.1. The van der Waals surface area contributed by atoms with E-state index in [1.54, 1.807) is 30.0 Å². The maximum Gasteiger partial charge on any atom is 0.254 e. The van der Waals surface area contributed by atoms with Crippen LogP contribution in [-0.4, -0.2) is 35.8 Å². The van der Waals surface area contributed by atoms with E-state index in [0.717, 1.165) is 11.3 Å². The summed E-state index contributed by atoms with van der Waals surface area (Å²) < 4.78 is 13.4. The molecule has 1 heterocycles. The molecule has 4 nitrogen and oxygen atoms in total. The second-order valence-corrected chi connectivity index (χ2v) is 6.54. The average Bonchev–Trinajstić information content (AvgIpc) is 2.57. The highest BCUT2D eigenvalue weighted by atomic mass is 35.5. The zero-order valence-electron chi connectivity index (χ0n) is 14.0. The van der Waals surface area contributed by atoms with Crippen LogP contribution in [0.25, 0.3) is 0 Å². The second kappa shape index (κ2) is 6.84. The maximum atomic E-state index is 13.4. The van der Waals surface area contributed by atoms with Gasteiger partial charge in [-0.2, -0.15) is 0 Å². The summed E-state index contributed by atoms with van der Waals surface area (Å²) in [5, 5.41) is 0.613. The Morgan fingerprint density at radius 1 is 1.20 bits per heavy atom. The van der Waals surface area contributed by atoms with Gasteiger partial charge >= 0.3 is 0 Å². The van der Waals surface area contributed by atoms with Gasteiger partial charge in [-0.15, -0.1) is 0 Å². The summed E-state index contributed by atoms with van der Waals surface area (Å²) in [5.74, 6) is -0.977. The molecule has 2 amide bonds. The van der Waals surface area contributed by atoms with Crippen molar-refractivity contribution >= 4 is 29.1 Å². The quantitative estimate of drug-likeness (QED) is 0.820. The molecule has 0 spiro atoms. The number of carbonyl (C=O) groups excluding carboxylic acids is 2. The Balaban J connectivity index is 1.83. The number of benzene rings is 2. The molecule has 0 unspecified atom stereocenters. The second-order valence-electron chi connectivity index (χ2n) is 6.11. The smallest absolute Gasteiger partial charge is 0.254 e. The molecule has 1 fully saturated rings. The number of anilines is 1. The number of nitrogens with zero attached hydrogens (tertiary/aromatic N) is 2. The number of carbonyl (C=O) groups is 2. The third-order valence-corrected chi connectivity index (χ3v) is 4.67. The molecule has 1 aliphatic rings. The van der Waals surface area contributed by atoms with Crippen LogP contribution in [0, 0.1) is 12.7 Å². The SMILES string of the molecule is Cc1cc(Cl)ccc1N1CCN(C(=O)c2cccc(F)c2)[C@H](C)C1=O. The fraction of sp³-hybridized carbons (Fsp3) is 0.263. The van der Waals surface area contributed by atoms with Gasteiger partial charge in [0.15, 0.2) is 0 Å². The fourth-order valence-electron chi connectivity index (χ4n) is 3.10. The van der Waals surface area contributed by atoms with Gasteiger partial charge in [0.1, 0.15) is 11.9 Å². The summed E-state index contributed by atoms with van der Waals surface area (Å²) in [6.45, 7) is 4.34. The van der Waals surface area contributed by atoms with Gasteiger partial charge in [0.25, 0.3) is 5.91 Å². The molecule has 2 aromatic carbocycles. The molecule has 6 heteroatoms. The third-order valence-electron chi connectivity index (χ3n) is 4.44. The van der Waals surface area contributed by atoms with Crippen molar-refractivity contribution in [3.8, 4) is 0 Å². The Morgan fingerprint density at radius 3 is 2.64 bits per heavy atom. The minimum atomic E-state index is -0.625. The maximum absolute atomic E-state index is 13.4. The minimum absolute atomic E-state index is 0.165. The Kier molecular flexibility index (Phi) is 4.77. The van der Waals surface area contributed by atoms with E-state index in [-0.39, 0.29) is 17.4 Å². The number of hydrogen-bond acceptors (Lipinski definition) is 2. The number of aryl methyl sites for hydroxylation is 1. The van der Waals surface area contributed by atoms with E-state index in [2.05, 4.69) is 0 Å². The van der Waals surface area contributed by atoms with Gasteiger partial charge in [0, 0.05) is 29.4 Å². The van der Waals surface area contributed by atoms with Crippen LogP contribution in [0.3, 0.4) is 0 Å². The van der Waals surface area contributed by atoms with Crippen LogP contribution in [0.2, 0.25) is 5.02 Å². The molecule has 0 bridgehead atoms. The standard InChI is InChI=1S/C19H18ClFN2O2/c1-12-10-15(20)6-7-17(12)23-9-8-22(13(2)18(23)24)19(25)14-4-3-5-16(21)11-14/h3-7,10-11,13H,8-9H2,1-2H3/t13-/m1/s1. The van der Waals surface area contributed by atoms with E-state index < -0.39 is 11.9 Å². The van der Waals surface area contributed by atoms with Gasteiger partial charge in [0.2, 0.25) is 5.91 Å². The first-order valence-corrected chi connectivity index (χ1v) is 8.40. The van der Waals surface area contributed by atoms with E-state index in [9.17, 15) is 14.0 Å². The van der Waals surface area contributed by atoms with Crippen molar-refractivity contribution in [3.05, 3.63) is 64.4 Å². The molecular weight excluding hydrogens is 343 g/mol. The monoisotopic (exact) mass is 360 g/mol.